The van der Waals surface area contributed by atoms with Crippen LogP contribution in [-0.2, 0) is 32.6 Å². The number of nitrogens with one attached hydrogen (secondary N) is 1. The van der Waals surface area contributed by atoms with Crippen LogP contribution in [0.5, 0.6) is 0 Å². The molecule has 2 heterocycles. The zero-order valence-electron chi connectivity index (χ0n) is 21.2. The van der Waals surface area contributed by atoms with Crippen molar-refractivity contribution in [2.24, 2.45) is 0 Å². The Kier molecular flexibility index (Phi) is 9.08. The Balaban J connectivity index is 1.28. The maximum absolute atomic E-state index is 12.6. The van der Waals surface area contributed by atoms with E-state index in [9.17, 15) is 13.5 Å². The van der Waals surface area contributed by atoms with Crippen LogP contribution < -0.4 is 4.72 Å². The number of hydrogen-bond acceptors (Lipinski definition) is 7. The van der Waals surface area contributed by atoms with Crippen LogP contribution >= 0.6 is 11.8 Å². The van der Waals surface area contributed by atoms with Crippen LogP contribution in [0.25, 0.3) is 0 Å². The van der Waals surface area contributed by atoms with E-state index in [0.29, 0.717) is 6.42 Å². The predicted molar refractivity (Wildman–Crippen MR) is 150 cm³/mol. The van der Waals surface area contributed by atoms with Crippen LogP contribution in [-0.4, -0.2) is 30.4 Å². The third-order valence-corrected chi connectivity index (χ3v) is 8.93. The number of aliphatic hydroxyl groups is 1. The average molecular weight is 563 g/mol. The molecule has 4 aromatic rings. The molecule has 1 unspecified atom stereocenters. The maximum atomic E-state index is 12.6. The summed E-state index contributed by atoms with van der Waals surface area (Å²) < 4.78 is 40.6. The van der Waals surface area contributed by atoms with Crippen LogP contribution in [0.15, 0.2) is 113 Å². The fourth-order valence-electron chi connectivity index (χ4n) is 4.29. The van der Waals surface area contributed by atoms with Crippen molar-refractivity contribution in [3.8, 4) is 0 Å². The Morgan fingerprint density at radius 2 is 1.54 bits per heavy atom. The summed E-state index contributed by atoms with van der Waals surface area (Å²) in [6, 6.07) is 29.6. The Morgan fingerprint density at radius 3 is 2.23 bits per heavy atom. The van der Waals surface area contributed by atoms with Gasteiger partial charge in [0, 0.05) is 30.5 Å². The Hall–Kier alpha value is -3.05. The van der Waals surface area contributed by atoms with Gasteiger partial charge in [0.15, 0.2) is 6.29 Å². The molecule has 0 aliphatic carbocycles. The Morgan fingerprint density at radius 1 is 0.846 bits per heavy atom. The Bertz CT molecular complexity index is 1430. The van der Waals surface area contributed by atoms with Crippen molar-refractivity contribution in [2.75, 3.05) is 5.75 Å². The highest BCUT2D eigenvalue weighted by Crippen LogP contribution is 2.39. The molecule has 1 aromatic heterocycles. The summed E-state index contributed by atoms with van der Waals surface area (Å²) in [6.07, 6.45) is 1.64. The quantitative estimate of drug-likeness (QED) is 0.250. The van der Waals surface area contributed by atoms with Gasteiger partial charge in [-0.1, -0.05) is 72.8 Å². The van der Waals surface area contributed by atoms with E-state index in [1.165, 1.54) is 0 Å². The molecule has 7 nitrogen and oxygen atoms in total. The fourth-order valence-corrected chi connectivity index (χ4v) is 6.21. The standard InChI is InChI=1S/C30H30N2O5S2/c33-20-23-11-13-24(14-12-23)28-18-26(21-38-29-8-4-5-17-31-29)36-30(37-28)25-15-9-22(10-16-25)19-32-39(34,35)27-6-2-1-3-7-27/h1-17,26,28,30,32-33H,18-21H2/t26-,28+,30?/m0/s1. The first kappa shape index (κ1) is 27.5. The normalized spacial score (nSPS) is 19.6. The van der Waals surface area contributed by atoms with Crippen molar-refractivity contribution in [2.45, 2.75) is 48.0 Å². The molecule has 0 saturated carbocycles. The van der Waals surface area contributed by atoms with E-state index >= 15 is 0 Å². The molecule has 1 aliphatic rings. The van der Waals surface area contributed by atoms with Crippen LogP contribution in [0.3, 0.4) is 0 Å². The summed E-state index contributed by atoms with van der Waals surface area (Å²) in [5, 5.41) is 10.4. The van der Waals surface area contributed by atoms with Crippen molar-refractivity contribution >= 4 is 21.8 Å². The number of hydrogen-bond donors (Lipinski definition) is 2. The van der Waals surface area contributed by atoms with Gasteiger partial charge in [-0.25, -0.2) is 18.1 Å². The first-order chi connectivity index (χ1) is 19.0. The lowest BCUT2D eigenvalue weighted by Gasteiger charge is -2.36. The minimum absolute atomic E-state index is 0.00522. The lowest BCUT2D eigenvalue weighted by atomic mass is 10.0. The topological polar surface area (TPSA) is 97.8 Å². The average Bonchev–Trinajstić information content (AvgIpc) is 3.00. The maximum Gasteiger partial charge on any atom is 0.240 e. The SMILES string of the molecule is O=S(=O)(NCc1ccc(C2O[C@H](CSc3ccccn3)C[C@H](c3ccc(CO)cc3)O2)cc1)c1ccccc1. The number of aliphatic hydroxyl groups excluding tert-OH is 1. The van der Waals surface area contributed by atoms with Gasteiger partial charge < -0.3 is 14.6 Å². The van der Waals surface area contributed by atoms with Gasteiger partial charge in [0.05, 0.1) is 28.7 Å². The summed E-state index contributed by atoms with van der Waals surface area (Å²) in [4.78, 5) is 4.64. The molecule has 0 radical (unpaired) electrons. The first-order valence-corrected chi connectivity index (χ1v) is 15.1. The number of thioether (sulfide) groups is 1. The molecule has 1 aliphatic heterocycles. The summed E-state index contributed by atoms with van der Waals surface area (Å²) in [6.45, 7) is 0.168. The van der Waals surface area contributed by atoms with Crippen molar-refractivity contribution in [3.63, 3.8) is 0 Å². The lowest BCUT2D eigenvalue weighted by molar-refractivity contribution is -0.245. The molecule has 0 spiro atoms. The number of ether oxygens (including phenoxy) is 2. The lowest BCUT2D eigenvalue weighted by Crippen LogP contribution is -2.31. The monoisotopic (exact) mass is 562 g/mol. The largest absolute Gasteiger partial charge is 0.392 e. The van der Waals surface area contributed by atoms with Crippen molar-refractivity contribution in [3.05, 3.63) is 126 Å². The molecule has 39 heavy (non-hydrogen) atoms. The van der Waals surface area contributed by atoms with Crippen LogP contribution in [0, 0.1) is 0 Å². The number of nitrogens with zero attached hydrogens (tertiary/aromatic N) is 1. The summed E-state index contributed by atoms with van der Waals surface area (Å²) in [5.41, 5.74) is 3.56. The van der Waals surface area contributed by atoms with E-state index in [4.69, 9.17) is 9.47 Å². The number of rotatable bonds is 10. The Labute approximate surface area is 233 Å². The van der Waals surface area contributed by atoms with E-state index in [1.54, 1.807) is 48.3 Å². The minimum atomic E-state index is -3.59. The predicted octanol–water partition coefficient (Wildman–Crippen LogP) is 5.39. The van der Waals surface area contributed by atoms with E-state index in [0.717, 1.165) is 33.0 Å². The second-order valence-electron chi connectivity index (χ2n) is 9.21. The van der Waals surface area contributed by atoms with E-state index in [2.05, 4.69) is 9.71 Å². The molecule has 3 atom stereocenters. The van der Waals surface area contributed by atoms with Gasteiger partial charge in [0.2, 0.25) is 10.0 Å². The molecule has 202 valence electrons. The van der Waals surface area contributed by atoms with Gasteiger partial charge in [0.25, 0.3) is 0 Å². The highest BCUT2D eigenvalue weighted by Gasteiger charge is 2.32. The zero-order valence-corrected chi connectivity index (χ0v) is 22.9. The third-order valence-electron chi connectivity index (χ3n) is 6.44. The molecule has 0 bridgehead atoms. The van der Waals surface area contributed by atoms with Crippen LogP contribution in [0.1, 0.15) is 41.1 Å². The second kappa shape index (κ2) is 12.9. The highest BCUT2D eigenvalue weighted by atomic mass is 32.2. The summed E-state index contributed by atoms with van der Waals surface area (Å²) in [7, 11) is -3.59. The van der Waals surface area contributed by atoms with Crippen LogP contribution in [0.2, 0.25) is 0 Å². The van der Waals surface area contributed by atoms with Crippen LogP contribution in [0.4, 0.5) is 0 Å². The van der Waals surface area contributed by atoms with E-state index in [1.807, 2.05) is 66.7 Å². The molecule has 0 amide bonds. The third kappa shape index (κ3) is 7.33. The molecule has 2 N–H and O–H groups in total. The molecular weight excluding hydrogens is 532 g/mol. The van der Waals surface area contributed by atoms with Gasteiger partial charge in [-0.2, -0.15) is 0 Å². The number of sulfonamides is 1. The van der Waals surface area contributed by atoms with E-state index < -0.39 is 16.3 Å². The second-order valence-corrected chi connectivity index (χ2v) is 12.0. The molecule has 1 fully saturated rings. The van der Waals surface area contributed by atoms with Gasteiger partial charge in [-0.3, -0.25) is 0 Å². The highest BCUT2D eigenvalue weighted by molar-refractivity contribution is 7.99. The van der Waals surface area contributed by atoms with Gasteiger partial charge in [-0.15, -0.1) is 11.8 Å². The van der Waals surface area contributed by atoms with Gasteiger partial charge in [-0.05, 0) is 41.0 Å². The molecular formula is C30H30N2O5S2. The molecule has 1 saturated heterocycles. The minimum Gasteiger partial charge on any atom is -0.392 e. The number of aromatic nitrogens is 1. The van der Waals surface area contributed by atoms with Crippen molar-refractivity contribution < 1.29 is 23.0 Å². The number of pyridine rings is 1. The smallest absolute Gasteiger partial charge is 0.240 e. The van der Waals surface area contributed by atoms with E-state index in [-0.39, 0.29) is 30.3 Å². The fraction of sp³-hybridized carbons (Fsp3) is 0.233. The van der Waals surface area contributed by atoms with Crippen molar-refractivity contribution in [1.29, 1.82) is 0 Å². The number of benzene rings is 3. The first-order valence-electron chi connectivity index (χ1n) is 12.7. The zero-order chi connectivity index (χ0) is 27.1. The van der Waals surface area contributed by atoms with Gasteiger partial charge in [0.1, 0.15) is 0 Å². The van der Waals surface area contributed by atoms with Gasteiger partial charge >= 0.3 is 0 Å². The summed E-state index contributed by atoms with van der Waals surface area (Å²) >= 11 is 1.65. The molecule has 3 aromatic carbocycles. The molecule has 9 heteroatoms. The van der Waals surface area contributed by atoms with Crippen molar-refractivity contribution in [1.82, 2.24) is 9.71 Å². The molecule has 5 rings (SSSR count). The summed E-state index contributed by atoms with van der Waals surface area (Å²) in [5.74, 6) is 0.724.